The van der Waals surface area contributed by atoms with Crippen LogP contribution in [0.15, 0.2) is 0 Å². The molecule has 0 aromatic rings. The van der Waals surface area contributed by atoms with Crippen molar-refractivity contribution in [3.05, 3.63) is 0 Å². The lowest BCUT2D eigenvalue weighted by molar-refractivity contribution is -0.150. The highest BCUT2D eigenvalue weighted by atomic mass is 16.5. The average Bonchev–Trinajstić information content (AvgIpc) is 2.79. The minimum absolute atomic E-state index is 0.0417. The van der Waals surface area contributed by atoms with Crippen LogP contribution in [-0.2, 0) is 19.1 Å². The molecule has 0 spiro atoms. The van der Waals surface area contributed by atoms with Gasteiger partial charge in [0.05, 0.1) is 18.4 Å². The van der Waals surface area contributed by atoms with Crippen molar-refractivity contribution >= 4 is 17.8 Å². The predicted octanol–water partition coefficient (Wildman–Crippen LogP) is 7.62. The highest BCUT2D eigenvalue weighted by molar-refractivity contribution is 5.76. The van der Waals surface area contributed by atoms with Crippen molar-refractivity contribution in [1.82, 2.24) is 0 Å². The van der Waals surface area contributed by atoms with Crippen LogP contribution in [0.4, 0.5) is 0 Å². The van der Waals surface area contributed by atoms with Crippen molar-refractivity contribution in [3.8, 4) is 0 Å². The molecule has 0 fully saturated rings. The number of carbonyl (C=O) groups is 3. The van der Waals surface area contributed by atoms with Crippen molar-refractivity contribution in [2.45, 2.75) is 134 Å². The summed E-state index contributed by atoms with van der Waals surface area (Å²) in [7, 11) is 1.42. The van der Waals surface area contributed by atoms with Gasteiger partial charge in [-0.05, 0) is 33.1 Å². The van der Waals surface area contributed by atoms with Crippen LogP contribution in [0.25, 0.3) is 0 Å². The minimum atomic E-state index is -0.706. The van der Waals surface area contributed by atoms with E-state index in [-0.39, 0.29) is 29.1 Å². The molecular weight excluding hydrogens is 418 g/mol. The van der Waals surface area contributed by atoms with Crippen molar-refractivity contribution in [3.63, 3.8) is 0 Å². The average molecular weight is 478 g/mol. The maximum atomic E-state index is 10.8. The van der Waals surface area contributed by atoms with Gasteiger partial charge >= 0.3 is 11.9 Å². The number of hydrogen-bond acceptors (Lipinski definition) is 4. The van der Waals surface area contributed by atoms with Crippen LogP contribution in [0.1, 0.15) is 134 Å². The summed E-state index contributed by atoms with van der Waals surface area (Å²) in [5.41, 5.74) is 4.60. The third-order valence-electron chi connectivity index (χ3n) is 5.17. The molecule has 2 unspecified atom stereocenters. The summed E-state index contributed by atoms with van der Waals surface area (Å²) < 4.78 is 4.57. The lowest BCUT2D eigenvalue weighted by Gasteiger charge is -2.17. The zero-order chi connectivity index (χ0) is 27.5. The first-order valence-corrected chi connectivity index (χ1v) is 12.8. The molecule has 0 bridgehead atoms. The molecule has 0 aliphatic rings. The third kappa shape index (κ3) is 38.0. The maximum absolute atomic E-state index is 10.8. The van der Waals surface area contributed by atoms with E-state index in [4.69, 9.17) is 10.8 Å². The number of rotatable bonds is 10. The summed E-state index contributed by atoms with van der Waals surface area (Å²) in [5, 5.41) is 8.18. The summed E-state index contributed by atoms with van der Waals surface area (Å²) in [5.74, 6) is -1.19. The zero-order valence-corrected chi connectivity index (χ0v) is 24.2. The number of ether oxygens (including phenoxy) is 1. The minimum Gasteiger partial charge on any atom is -0.481 e. The number of carboxylic acids is 1. The van der Waals surface area contributed by atoms with Crippen molar-refractivity contribution in [1.29, 1.82) is 0 Å². The van der Waals surface area contributed by atoms with E-state index in [0.29, 0.717) is 0 Å². The standard InChI is InChI=1S/C7H14O2.C5H11NO.C5H10O2.2C5H12/c1-5-7(2,3)6(8)9-4;2*1-3-4(2)5(6)7;2*1-3-5-4-2/h5H2,1-4H3;4H,3H2,1-2H3,(H2,6,7);4H,3H2,1-2H3,(H,6,7);2*3-5H2,1-2H3. The molecule has 0 rings (SSSR count). The number of amides is 1. The molecular formula is C27H59NO5. The molecule has 3 N–H and O–H groups in total. The Morgan fingerprint density at radius 1 is 0.788 bits per heavy atom. The molecule has 0 saturated heterocycles. The van der Waals surface area contributed by atoms with Gasteiger partial charge in [-0.15, -0.1) is 0 Å². The van der Waals surface area contributed by atoms with E-state index in [1.54, 1.807) is 6.92 Å². The van der Waals surface area contributed by atoms with Crippen LogP contribution in [-0.4, -0.2) is 30.1 Å². The quantitative estimate of drug-likeness (QED) is 0.315. The topological polar surface area (TPSA) is 107 Å². The van der Waals surface area contributed by atoms with Gasteiger partial charge in [-0.2, -0.15) is 0 Å². The fourth-order valence-corrected chi connectivity index (χ4v) is 1.50. The van der Waals surface area contributed by atoms with Gasteiger partial charge in [-0.25, -0.2) is 0 Å². The molecule has 33 heavy (non-hydrogen) atoms. The van der Waals surface area contributed by atoms with Gasteiger partial charge in [0.25, 0.3) is 0 Å². The van der Waals surface area contributed by atoms with Crippen molar-refractivity contribution in [2.75, 3.05) is 7.11 Å². The number of primary amides is 1. The van der Waals surface area contributed by atoms with Crippen LogP contribution in [0, 0.1) is 17.3 Å². The van der Waals surface area contributed by atoms with Crippen LogP contribution in [0.5, 0.6) is 0 Å². The Morgan fingerprint density at radius 3 is 1.15 bits per heavy atom. The molecule has 0 heterocycles. The van der Waals surface area contributed by atoms with E-state index in [1.165, 1.54) is 45.6 Å². The highest BCUT2D eigenvalue weighted by Crippen LogP contribution is 2.20. The fraction of sp³-hybridized carbons (Fsp3) is 0.889. The van der Waals surface area contributed by atoms with Crippen LogP contribution >= 0.6 is 0 Å². The molecule has 0 aromatic carbocycles. The number of methoxy groups -OCH3 is 1. The van der Waals surface area contributed by atoms with Gasteiger partial charge in [0.1, 0.15) is 0 Å². The number of hydrogen-bond donors (Lipinski definition) is 2. The molecule has 202 valence electrons. The van der Waals surface area contributed by atoms with Crippen LogP contribution in [0.2, 0.25) is 0 Å². The van der Waals surface area contributed by atoms with Gasteiger partial charge in [-0.3, -0.25) is 14.4 Å². The third-order valence-corrected chi connectivity index (χ3v) is 5.17. The Kier molecular flexibility index (Phi) is 38.4. The van der Waals surface area contributed by atoms with Gasteiger partial charge < -0.3 is 15.6 Å². The highest BCUT2D eigenvalue weighted by Gasteiger charge is 2.25. The normalized spacial score (nSPS) is 11.3. The summed E-state index contributed by atoms with van der Waals surface area (Å²) in [6.07, 6.45) is 10.5. The number of carbonyl (C=O) groups excluding carboxylic acids is 2. The van der Waals surface area contributed by atoms with Crippen molar-refractivity contribution < 1.29 is 24.2 Å². The van der Waals surface area contributed by atoms with E-state index >= 15 is 0 Å². The lowest BCUT2D eigenvalue weighted by atomic mass is 9.91. The summed E-state index contributed by atoms with van der Waals surface area (Å²) in [6, 6.07) is 0. The summed E-state index contributed by atoms with van der Waals surface area (Å²) >= 11 is 0. The lowest BCUT2D eigenvalue weighted by Crippen LogP contribution is -2.24. The Labute approximate surface area is 206 Å². The second kappa shape index (κ2) is 30.4. The zero-order valence-electron chi connectivity index (χ0n) is 24.2. The van der Waals surface area contributed by atoms with E-state index in [9.17, 15) is 14.4 Å². The smallest absolute Gasteiger partial charge is 0.311 e. The Bertz CT molecular complexity index is 406. The molecule has 0 aliphatic heterocycles. The van der Waals surface area contributed by atoms with E-state index in [2.05, 4.69) is 32.4 Å². The molecule has 6 heteroatoms. The number of esters is 1. The predicted molar refractivity (Wildman–Crippen MR) is 142 cm³/mol. The summed E-state index contributed by atoms with van der Waals surface area (Å²) in [6.45, 7) is 21.9. The number of carboxylic acid groups (broad SMARTS) is 1. The Balaban J connectivity index is -0.000000101. The fourth-order valence-electron chi connectivity index (χ4n) is 1.50. The number of aliphatic carboxylic acids is 1. The van der Waals surface area contributed by atoms with E-state index < -0.39 is 5.97 Å². The number of nitrogens with two attached hydrogens (primary N) is 1. The second-order valence-corrected chi connectivity index (χ2v) is 8.80. The first-order chi connectivity index (χ1) is 15.2. The number of unbranched alkanes of at least 4 members (excludes halogenated alkanes) is 4. The summed E-state index contributed by atoms with van der Waals surface area (Å²) in [4.78, 5) is 30.9. The molecule has 0 saturated carbocycles. The van der Waals surface area contributed by atoms with Crippen LogP contribution < -0.4 is 5.73 Å². The molecule has 6 nitrogen and oxygen atoms in total. The van der Waals surface area contributed by atoms with Gasteiger partial charge in [0.15, 0.2) is 0 Å². The first-order valence-electron chi connectivity index (χ1n) is 12.8. The molecule has 1 amide bonds. The second-order valence-electron chi connectivity index (χ2n) is 8.80. The SMILES string of the molecule is CCC(C)(C)C(=O)OC.CCC(C)C(=O)O.CCC(C)C(N)=O.CCCCC.CCCCC. The maximum Gasteiger partial charge on any atom is 0.311 e. The van der Waals surface area contributed by atoms with E-state index in [0.717, 1.165) is 19.3 Å². The van der Waals surface area contributed by atoms with Gasteiger partial charge in [0, 0.05) is 5.92 Å². The molecule has 2 atom stereocenters. The van der Waals surface area contributed by atoms with Crippen LogP contribution in [0.3, 0.4) is 0 Å². The van der Waals surface area contributed by atoms with E-state index in [1.807, 2.05) is 41.5 Å². The Hall–Kier alpha value is -1.59. The Morgan fingerprint density at radius 2 is 1.12 bits per heavy atom. The van der Waals surface area contributed by atoms with Gasteiger partial charge in [-0.1, -0.05) is 101 Å². The molecule has 0 aliphatic carbocycles. The monoisotopic (exact) mass is 477 g/mol. The largest absolute Gasteiger partial charge is 0.481 e. The first kappa shape index (κ1) is 41.6. The van der Waals surface area contributed by atoms with Gasteiger partial charge in [0.2, 0.25) is 5.91 Å². The molecule has 0 radical (unpaired) electrons. The van der Waals surface area contributed by atoms with Crippen molar-refractivity contribution in [2.24, 2.45) is 23.0 Å². The molecule has 0 aromatic heterocycles.